The van der Waals surface area contributed by atoms with Gasteiger partial charge in [0.25, 0.3) is 10.1 Å². The van der Waals surface area contributed by atoms with Gasteiger partial charge in [0.15, 0.2) is 0 Å². The minimum absolute atomic E-state index is 0.000926. The van der Waals surface area contributed by atoms with Crippen molar-refractivity contribution in [1.29, 1.82) is 0 Å². The zero-order chi connectivity index (χ0) is 16.2. The van der Waals surface area contributed by atoms with E-state index in [4.69, 9.17) is 8.92 Å². The number of hydrogen-bond donors (Lipinski definition) is 0. The molecule has 0 aliphatic carbocycles. The van der Waals surface area contributed by atoms with E-state index in [0.717, 1.165) is 11.8 Å². The first-order valence-electron chi connectivity index (χ1n) is 7.19. The number of nitrogens with zero attached hydrogens (tertiary/aromatic N) is 1. The maximum Gasteiger partial charge on any atom is 0.410 e. The molecule has 1 heterocycles. The zero-order valence-corrected chi connectivity index (χ0v) is 13.6. The van der Waals surface area contributed by atoms with E-state index in [9.17, 15) is 13.2 Å². The van der Waals surface area contributed by atoms with E-state index in [2.05, 4.69) is 0 Å². The van der Waals surface area contributed by atoms with Gasteiger partial charge in [0.1, 0.15) is 6.61 Å². The molecule has 0 aromatic heterocycles. The lowest BCUT2D eigenvalue weighted by atomic mass is 10.0. The summed E-state index contributed by atoms with van der Waals surface area (Å²) in [6, 6.07) is 9.46. The predicted octanol–water partition coefficient (Wildman–Crippen LogP) is 2.01. The van der Waals surface area contributed by atoms with Crippen LogP contribution in [-0.4, -0.2) is 44.9 Å². The molecule has 2 rings (SSSR count). The van der Waals surface area contributed by atoms with Gasteiger partial charge in [-0.05, 0) is 18.9 Å². The second-order valence-electron chi connectivity index (χ2n) is 5.54. The fourth-order valence-corrected chi connectivity index (χ4v) is 3.21. The monoisotopic (exact) mass is 327 g/mol. The van der Waals surface area contributed by atoms with E-state index < -0.39 is 16.2 Å². The first-order valence-corrected chi connectivity index (χ1v) is 9.00. The van der Waals surface area contributed by atoms with Crippen LogP contribution in [0.3, 0.4) is 0 Å². The SMILES string of the molecule is CC(OS(C)(=O)=O)[C@@H]1CCN(C(=O)OCc2ccccc2)C1. The van der Waals surface area contributed by atoms with Gasteiger partial charge in [-0.1, -0.05) is 30.3 Å². The van der Waals surface area contributed by atoms with Crippen molar-refractivity contribution >= 4 is 16.2 Å². The number of benzene rings is 1. The van der Waals surface area contributed by atoms with Crippen LogP contribution in [0.15, 0.2) is 30.3 Å². The molecule has 0 N–H and O–H groups in total. The van der Waals surface area contributed by atoms with Gasteiger partial charge in [-0.25, -0.2) is 4.79 Å². The average molecular weight is 327 g/mol. The molecule has 0 bridgehead atoms. The van der Waals surface area contributed by atoms with Gasteiger partial charge in [0.2, 0.25) is 0 Å². The molecular formula is C15H21NO5S. The van der Waals surface area contributed by atoms with Crippen LogP contribution in [0.25, 0.3) is 0 Å². The number of carbonyl (C=O) groups is 1. The minimum atomic E-state index is -3.48. The van der Waals surface area contributed by atoms with Gasteiger partial charge >= 0.3 is 6.09 Å². The Morgan fingerprint density at radius 3 is 2.68 bits per heavy atom. The van der Waals surface area contributed by atoms with Crippen molar-refractivity contribution in [3.8, 4) is 0 Å². The number of ether oxygens (including phenoxy) is 1. The van der Waals surface area contributed by atoms with Crippen LogP contribution in [0.5, 0.6) is 0 Å². The molecule has 1 aromatic rings. The molecule has 1 aromatic carbocycles. The summed E-state index contributed by atoms with van der Waals surface area (Å²) >= 11 is 0. The van der Waals surface area contributed by atoms with Crippen LogP contribution in [-0.2, 0) is 25.6 Å². The van der Waals surface area contributed by atoms with Crippen LogP contribution in [0.4, 0.5) is 4.79 Å². The first kappa shape index (κ1) is 16.8. The maximum absolute atomic E-state index is 12.0. The average Bonchev–Trinajstić information content (AvgIpc) is 2.94. The quantitative estimate of drug-likeness (QED) is 0.774. The summed E-state index contributed by atoms with van der Waals surface area (Å²) in [6.45, 7) is 2.95. The smallest absolute Gasteiger partial charge is 0.410 e. The van der Waals surface area contributed by atoms with E-state index in [0.29, 0.717) is 19.5 Å². The second-order valence-corrected chi connectivity index (χ2v) is 7.14. The van der Waals surface area contributed by atoms with Crippen LogP contribution >= 0.6 is 0 Å². The molecule has 0 radical (unpaired) electrons. The van der Waals surface area contributed by atoms with Crippen LogP contribution in [0, 0.1) is 5.92 Å². The normalized spacial score (nSPS) is 19.9. The van der Waals surface area contributed by atoms with Gasteiger partial charge < -0.3 is 9.64 Å². The van der Waals surface area contributed by atoms with Gasteiger partial charge in [-0.2, -0.15) is 8.42 Å². The molecule has 7 heteroatoms. The van der Waals surface area contributed by atoms with E-state index in [-0.39, 0.29) is 18.6 Å². The Morgan fingerprint density at radius 1 is 1.36 bits per heavy atom. The number of amides is 1. The van der Waals surface area contributed by atoms with Gasteiger partial charge in [0.05, 0.1) is 12.4 Å². The van der Waals surface area contributed by atoms with Crippen molar-refractivity contribution in [1.82, 2.24) is 4.90 Å². The third-order valence-corrected chi connectivity index (χ3v) is 4.33. The first-order chi connectivity index (χ1) is 10.3. The Balaban J connectivity index is 1.81. The number of hydrogen-bond acceptors (Lipinski definition) is 5. The molecular weight excluding hydrogens is 306 g/mol. The summed E-state index contributed by atoms with van der Waals surface area (Å²) in [7, 11) is -3.48. The highest BCUT2D eigenvalue weighted by atomic mass is 32.2. The fraction of sp³-hybridized carbons (Fsp3) is 0.533. The standard InChI is InChI=1S/C15H21NO5S/c1-12(21-22(2,18)19)14-8-9-16(10-14)15(17)20-11-13-6-4-3-5-7-13/h3-7,12,14H,8-11H2,1-2H3/t12?,14-/m1/s1. The molecule has 1 saturated heterocycles. The van der Waals surface area contributed by atoms with Crippen LogP contribution in [0.1, 0.15) is 18.9 Å². The van der Waals surface area contributed by atoms with Crippen LogP contribution in [0.2, 0.25) is 0 Å². The predicted molar refractivity (Wildman–Crippen MR) is 81.7 cm³/mol. The maximum atomic E-state index is 12.0. The third kappa shape index (κ3) is 4.99. The van der Waals surface area contributed by atoms with E-state index in [1.807, 2.05) is 30.3 Å². The lowest BCUT2D eigenvalue weighted by Gasteiger charge is -2.19. The molecule has 0 spiro atoms. The Labute approximate surface area is 131 Å². The summed E-state index contributed by atoms with van der Waals surface area (Å²) < 4.78 is 32.5. The molecule has 2 atom stereocenters. The van der Waals surface area contributed by atoms with Crippen molar-refractivity contribution < 1.29 is 22.1 Å². The number of rotatable bonds is 5. The van der Waals surface area contributed by atoms with Gasteiger partial charge in [-0.15, -0.1) is 0 Å². The Morgan fingerprint density at radius 2 is 2.05 bits per heavy atom. The minimum Gasteiger partial charge on any atom is -0.445 e. The van der Waals surface area contributed by atoms with Gasteiger partial charge in [-0.3, -0.25) is 4.18 Å². The summed E-state index contributed by atoms with van der Waals surface area (Å²) in [6.07, 6.45) is 0.918. The molecule has 1 fully saturated rings. The van der Waals surface area contributed by atoms with Crippen molar-refractivity contribution in [2.45, 2.75) is 26.1 Å². The third-order valence-electron chi connectivity index (χ3n) is 3.68. The van der Waals surface area contributed by atoms with Crippen molar-refractivity contribution in [2.75, 3.05) is 19.3 Å². The lowest BCUT2D eigenvalue weighted by Crippen LogP contribution is -2.32. The Bertz CT molecular complexity index is 602. The summed E-state index contributed by atoms with van der Waals surface area (Å²) in [5.74, 6) is -0.000926. The highest BCUT2D eigenvalue weighted by molar-refractivity contribution is 7.86. The molecule has 0 saturated carbocycles. The van der Waals surface area contributed by atoms with E-state index in [1.165, 1.54) is 0 Å². The molecule has 1 aliphatic rings. The summed E-state index contributed by atoms with van der Waals surface area (Å²) in [5, 5.41) is 0. The fourth-order valence-electron chi connectivity index (χ4n) is 2.50. The number of carbonyl (C=O) groups excluding carboxylic acids is 1. The summed E-state index contributed by atoms with van der Waals surface area (Å²) in [5.41, 5.74) is 0.931. The lowest BCUT2D eigenvalue weighted by molar-refractivity contribution is 0.0988. The topological polar surface area (TPSA) is 72.9 Å². The van der Waals surface area contributed by atoms with E-state index in [1.54, 1.807) is 11.8 Å². The molecule has 1 aliphatic heterocycles. The second kappa shape index (κ2) is 7.11. The molecule has 1 unspecified atom stereocenters. The Hall–Kier alpha value is -1.60. The largest absolute Gasteiger partial charge is 0.445 e. The van der Waals surface area contributed by atoms with Crippen molar-refractivity contribution in [3.05, 3.63) is 35.9 Å². The van der Waals surface area contributed by atoms with Crippen LogP contribution < -0.4 is 0 Å². The van der Waals surface area contributed by atoms with Gasteiger partial charge in [0, 0.05) is 19.0 Å². The molecule has 22 heavy (non-hydrogen) atoms. The summed E-state index contributed by atoms with van der Waals surface area (Å²) in [4.78, 5) is 13.6. The van der Waals surface area contributed by atoms with Crippen molar-refractivity contribution in [2.24, 2.45) is 5.92 Å². The molecule has 122 valence electrons. The zero-order valence-electron chi connectivity index (χ0n) is 12.8. The Kier molecular flexibility index (Phi) is 5.42. The van der Waals surface area contributed by atoms with E-state index >= 15 is 0 Å². The highest BCUT2D eigenvalue weighted by Gasteiger charge is 2.32. The molecule has 6 nitrogen and oxygen atoms in total. The molecule has 1 amide bonds. The van der Waals surface area contributed by atoms with Crippen molar-refractivity contribution in [3.63, 3.8) is 0 Å². The number of likely N-dealkylation sites (tertiary alicyclic amines) is 1. The highest BCUT2D eigenvalue weighted by Crippen LogP contribution is 2.23.